The van der Waals surface area contributed by atoms with Gasteiger partial charge in [0.05, 0.1) is 33.2 Å². The Morgan fingerprint density at radius 2 is 1.73 bits per heavy atom. The van der Waals surface area contributed by atoms with Crippen molar-refractivity contribution in [2.75, 3.05) is 53.7 Å². The standard InChI is InChI=1S/C25H37N3O5/c1-5-33-16-7-14-27(24(29)18-21-9-11-23(32-4)12-10-21)20-25(30)28(15-17-31-3)19-22-8-6-13-26(22)2/h6,8-13H,5,7,14-20H2,1-4H3. The number of amides is 2. The summed E-state index contributed by atoms with van der Waals surface area (Å²) in [4.78, 5) is 29.8. The van der Waals surface area contributed by atoms with Gasteiger partial charge in [0.15, 0.2) is 0 Å². The van der Waals surface area contributed by atoms with Crippen molar-refractivity contribution in [3.63, 3.8) is 0 Å². The van der Waals surface area contributed by atoms with E-state index in [9.17, 15) is 9.59 Å². The molecule has 0 radical (unpaired) electrons. The molecule has 0 aliphatic rings. The van der Waals surface area contributed by atoms with Crippen molar-refractivity contribution in [1.82, 2.24) is 14.4 Å². The van der Waals surface area contributed by atoms with Gasteiger partial charge >= 0.3 is 0 Å². The van der Waals surface area contributed by atoms with E-state index < -0.39 is 0 Å². The molecule has 2 aromatic rings. The Hall–Kier alpha value is -2.84. The molecule has 0 fully saturated rings. The van der Waals surface area contributed by atoms with Gasteiger partial charge in [0.1, 0.15) is 5.75 Å². The van der Waals surface area contributed by atoms with Crippen molar-refractivity contribution >= 4 is 11.8 Å². The molecule has 8 heteroatoms. The lowest BCUT2D eigenvalue weighted by molar-refractivity contribution is -0.141. The van der Waals surface area contributed by atoms with E-state index >= 15 is 0 Å². The lowest BCUT2D eigenvalue weighted by Gasteiger charge is -2.28. The van der Waals surface area contributed by atoms with Crippen LogP contribution < -0.4 is 4.74 Å². The summed E-state index contributed by atoms with van der Waals surface area (Å²) in [5, 5.41) is 0. The molecule has 0 N–H and O–H groups in total. The Morgan fingerprint density at radius 1 is 0.970 bits per heavy atom. The summed E-state index contributed by atoms with van der Waals surface area (Å²) >= 11 is 0. The summed E-state index contributed by atoms with van der Waals surface area (Å²) in [6, 6.07) is 11.3. The highest BCUT2D eigenvalue weighted by Crippen LogP contribution is 2.13. The average Bonchev–Trinajstić information content (AvgIpc) is 3.23. The van der Waals surface area contributed by atoms with Crippen molar-refractivity contribution in [2.24, 2.45) is 7.05 Å². The van der Waals surface area contributed by atoms with Crippen molar-refractivity contribution in [3.05, 3.63) is 53.9 Å². The largest absolute Gasteiger partial charge is 0.497 e. The van der Waals surface area contributed by atoms with E-state index in [0.29, 0.717) is 45.9 Å². The number of carbonyl (C=O) groups excluding carboxylic acids is 2. The molecule has 0 aliphatic carbocycles. The maximum Gasteiger partial charge on any atom is 0.242 e. The maximum absolute atomic E-state index is 13.2. The Labute approximate surface area is 197 Å². The normalized spacial score (nSPS) is 10.8. The summed E-state index contributed by atoms with van der Waals surface area (Å²) in [6.07, 6.45) is 2.85. The number of ether oxygens (including phenoxy) is 3. The molecule has 0 aliphatic heterocycles. The quantitative estimate of drug-likeness (QED) is 0.383. The molecule has 33 heavy (non-hydrogen) atoms. The molecule has 2 rings (SSSR count). The van der Waals surface area contributed by atoms with Gasteiger partial charge in [-0.25, -0.2) is 0 Å². The second kappa shape index (κ2) is 14.3. The third-order valence-corrected chi connectivity index (χ3v) is 5.44. The molecule has 182 valence electrons. The van der Waals surface area contributed by atoms with E-state index in [1.807, 2.05) is 61.1 Å². The first-order chi connectivity index (χ1) is 16.0. The fourth-order valence-electron chi connectivity index (χ4n) is 3.44. The van der Waals surface area contributed by atoms with Gasteiger partial charge in [0.25, 0.3) is 0 Å². The molecule has 1 aromatic carbocycles. The number of aryl methyl sites for hydroxylation is 1. The molecule has 1 aromatic heterocycles. The van der Waals surface area contributed by atoms with Gasteiger partial charge in [-0.15, -0.1) is 0 Å². The predicted molar refractivity (Wildman–Crippen MR) is 127 cm³/mol. The molecule has 0 unspecified atom stereocenters. The fourth-order valence-corrected chi connectivity index (χ4v) is 3.44. The number of aromatic nitrogens is 1. The smallest absolute Gasteiger partial charge is 0.242 e. The number of benzene rings is 1. The number of methoxy groups -OCH3 is 2. The minimum absolute atomic E-state index is 0.0231. The molecule has 0 saturated heterocycles. The lowest BCUT2D eigenvalue weighted by atomic mass is 10.1. The molecular weight excluding hydrogens is 422 g/mol. The Balaban J connectivity index is 2.09. The van der Waals surface area contributed by atoms with Crippen molar-refractivity contribution in [3.8, 4) is 5.75 Å². The van der Waals surface area contributed by atoms with Crippen LogP contribution in [0.25, 0.3) is 0 Å². The molecule has 0 bridgehead atoms. The fraction of sp³-hybridized carbons (Fsp3) is 0.520. The van der Waals surface area contributed by atoms with Crippen LogP contribution in [0.2, 0.25) is 0 Å². The van der Waals surface area contributed by atoms with Crippen LogP contribution in [-0.4, -0.2) is 79.9 Å². The topological polar surface area (TPSA) is 73.2 Å². The van der Waals surface area contributed by atoms with Crippen LogP contribution in [0, 0.1) is 0 Å². The van der Waals surface area contributed by atoms with Gasteiger partial charge in [-0.2, -0.15) is 0 Å². The van der Waals surface area contributed by atoms with E-state index in [-0.39, 0.29) is 24.8 Å². The van der Waals surface area contributed by atoms with Gasteiger partial charge in [-0.3, -0.25) is 9.59 Å². The monoisotopic (exact) mass is 459 g/mol. The minimum atomic E-state index is -0.104. The minimum Gasteiger partial charge on any atom is -0.497 e. The zero-order valence-corrected chi connectivity index (χ0v) is 20.3. The summed E-state index contributed by atoms with van der Waals surface area (Å²) in [5.74, 6) is 0.549. The SMILES string of the molecule is CCOCCCN(CC(=O)N(CCOC)Cc1cccn1C)C(=O)Cc1ccc(OC)cc1. The lowest BCUT2D eigenvalue weighted by Crippen LogP contribution is -2.44. The maximum atomic E-state index is 13.2. The first-order valence-corrected chi connectivity index (χ1v) is 11.3. The van der Waals surface area contributed by atoms with Crippen LogP contribution in [0.15, 0.2) is 42.6 Å². The van der Waals surface area contributed by atoms with Crippen LogP contribution in [-0.2, 0) is 39.1 Å². The Morgan fingerprint density at radius 3 is 2.33 bits per heavy atom. The summed E-state index contributed by atoms with van der Waals surface area (Å²) in [6.45, 7) is 4.95. The zero-order valence-electron chi connectivity index (χ0n) is 20.3. The van der Waals surface area contributed by atoms with E-state index in [1.54, 1.807) is 24.0 Å². The molecule has 8 nitrogen and oxygen atoms in total. The molecule has 0 spiro atoms. The van der Waals surface area contributed by atoms with Crippen LogP contribution in [0.1, 0.15) is 24.6 Å². The van der Waals surface area contributed by atoms with Gasteiger partial charge in [-0.1, -0.05) is 12.1 Å². The number of hydrogen-bond acceptors (Lipinski definition) is 5. The first-order valence-electron chi connectivity index (χ1n) is 11.3. The van der Waals surface area contributed by atoms with E-state index in [2.05, 4.69) is 0 Å². The number of carbonyl (C=O) groups is 2. The molecule has 0 atom stereocenters. The number of hydrogen-bond donors (Lipinski definition) is 0. The van der Waals surface area contributed by atoms with Gasteiger partial charge in [-0.05, 0) is 43.2 Å². The van der Waals surface area contributed by atoms with Gasteiger partial charge in [0, 0.05) is 52.4 Å². The Bertz CT molecular complexity index is 850. The van der Waals surface area contributed by atoms with Crippen LogP contribution in [0.4, 0.5) is 0 Å². The number of nitrogens with zero attached hydrogens (tertiary/aromatic N) is 3. The predicted octanol–water partition coefficient (Wildman–Crippen LogP) is 2.51. The molecule has 0 saturated carbocycles. The third kappa shape index (κ3) is 8.90. The highest BCUT2D eigenvalue weighted by atomic mass is 16.5. The highest BCUT2D eigenvalue weighted by Gasteiger charge is 2.22. The average molecular weight is 460 g/mol. The first kappa shape index (κ1) is 26.4. The highest BCUT2D eigenvalue weighted by molar-refractivity contribution is 5.86. The second-order valence-corrected chi connectivity index (χ2v) is 7.81. The van der Waals surface area contributed by atoms with E-state index in [0.717, 1.165) is 17.0 Å². The van der Waals surface area contributed by atoms with Crippen LogP contribution >= 0.6 is 0 Å². The summed E-state index contributed by atoms with van der Waals surface area (Å²) in [7, 11) is 5.17. The van der Waals surface area contributed by atoms with Gasteiger partial charge < -0.3 is 28.6 Å². The zero-order chi connectivity index (χ0) is 24.1. The van der Waals surface area contributed by atoms with Gasteiger partial charge in [0.2, 0.25) is 11.8 Å². The molecule has 1 heterocycles. The third-order valence-electron chi connectivity index (χ3n) is 5.44. The summed E-state index contributed by atoms with van der Waals surface area (Å²) < 4.78 is 17.8. The van der Waals surface area contributed by atoms with Crippen molar-refractivity contribution < 1.29 is 23.8 Å². The summed E-state index contributed by atoms with van der Waals surface area (Å²) in [5.41, 5.74) is 1.90. The van der Waals surface area contributed by atoms with Crippen LogP contribution in [0.5, 0.6) is 5.75 Å². The molecule has 2 amide bonds. The second-order valence-electron chi connectivity index (χ2n) is 7.81. The Kier molecular flexibility index (Phi) is 11.5. The molecular formula is C25H37N3O5. The van der Waals surface area contributed by atoms with E-state index in [4.69, 9.17) is 14.2 Å². The van der Waals surface area contributed by atoms with Crippen molar-refractivity contribution in [2.45, 2.75) is 26.3 Å². The van der Waals surface area contributed by atoms with Crippen LogP contribution in [0.3, 0.4) is 0 Å². The van der Waals surface area contributed by atoms with E-state index in [1.165, 1.54) is 0 Å². The van der Waals surface area contributed by atoms with Crippen molar-refractivity contribution in [1.29, 1.82) is 0 Å². The number of rotatable bonds is 15.